The summed E-state index contributed by atoms with van der Waals surface area (Å²) in [6.45, 7) is 5.43. The van der Waals surface area contributed by atoms with E-state index in [2.05, 4.69) is 15.5 Å². The lowest BCUT2D eigenvalue weighted by molar-refractivity contribution is -0.115. The van der Waals surface area contributed by atoms with Gasteiger partial charge in [0.05, 0.1) is 16.2 Å². The van der Waals surface area contributed by atoms with Crippen LogP contribution in [0.5, 0.6) is 0 Å². The van der Waals surface area contributed by atoms with Crippen molar-refractivity contribution in [1.29, 1.82) is 0 Å². The van der Waals surface area contributed by atoms with E-state index in [1.54, 1.807) is 32.0 Å². The minimum Gasteiger partial charge on any atom is -0.466 e. The van der Waals surface area contributed by atoms with Gasteiger partial charge < -0.3 is 8.83 Å². The molecule has 0 aliphatic heterocycles. The smallest absolute Gasteiger partial charge is 0.322 e. The van der Waals surface area contributed by atoms with Gasteiger partial charge in [-0.05, 0) is 39.0 Å². The number of aryl methyl sites for hydroxylation is 3. The number of carbonyl (C=O) groups excluding carboxylic acids is 1. The van der Waals surface area contributed by atoms with Crippen LogP contribution in [0.4, 0.5) is 6.01 Å². The second-order valence-corrected chi connectivity index (χ2v) is 8.28. The third-order valence-corrected chi connectivity index (χ3v) is 5.65. The summed E-state index contributed by atoms with van der Waals surface area (Å²) in [5.74, 6) is 0.696. The Labute approximate surface area is 156 Å². The molecule has 1 aromatic carbocycles. The van der Waals surface area contributed by atoms with Gasteiger partial charge in [0.2, 0.25) is 5.91 Å². The quantitative estimate of drug-likeness (QED) is 0.689. The molecule has 0 unspecified atom stereocenters. The van der Waals surface area contributed by atoms with Crippen molar-refractivity contribution in [3.8, 4) is 11.5 Å². The Kier molecular flexibility index (Phi) is 5.13. The minimum absolute atomic E-state index is 0.0963. The van der Waals surface area contributed by atoms with Gasteiger partial charge in [0.25, 0.3) is 5.89 Å². The molecule has 1 amide bonds. The average Bonchev–Trinajstić information content (AvgIpc) is 3.19. The van der Waals surface area contributed by atoms with Gasteiger partial charge in [0, 0.05) is 6.42 Å². The van der Waals surface area contributed by atoms with Crippen molar-refractivity contribution >= 4 is 21.8 Å². The fraction of sp³-hybridized carbons (Fsp3) is 0.278. The van der Waals surface area contributed by atoms with Crippen LogP contribution < -0.4 is 5.32 Å². The predicted octanol–water partition coefficient (Wildman–Crippen LogP) is 3.06. The number of anilines is 1. The Hall–Kier alpha value is -2.94. The fourth-order valence-electron chi connectivity index (χ4n) is 2.50. The number of hydrogen-bond donors (Lipinski definition) is 1. The highest BCUT2D eigenvalue weighted by Gasteiger charge is 2.19. The van der Waals surface area contributed by atoms with Gasteiger partial charge in [-0.1, -0.05) is 22.8 Å². The zero-order chi connectivity index (χ0) is 19.6. The van der Waals surface area contributed by atoms with Gasteiger partial charge >= 0.3 is 6.01 Å². The molecule has 0 radical (unpaired) electrons. The molecule has 0 saturated heterocycles. The van der Waals surface area contributed by atoms with E-state index in [-0.39, 0.29) is 29.0 Å². The summed E-state index contributed by atoms with van der Waals surface area (Å²) >= 11 is 0. The first kappa shape index (κ1) is 18.8. The Morgan fingerprint density at radius 1 is 1.07 bits per heavy atom. The monoisotopic (exact) mass is 389 g/mol. The molecular formula is C18H19N3O5S. The third kappa shape index (κ3) is 4.43. The standard InChI is InChI=1S/C18H19N3O5S/c1-11-4-6-14(7-5-11)27(23,24)9-8-16(22)19-18-21-20-17(26-18)15-10-12(2)25-13(15)3/h4-7,10H,8-9H2,1-3H3,(H,19,21,22). The molecule has 0 aliphatic carbocycles. The molecule has 3 aromatic rings. The maximum Gasteiger partial charge on any atom is 0.322 e. The third-order valence-electron chi connectivity index (χ3n) is 3.92. The number of amides is 1. The lowest BCUT2D eigenvalue weighted by atomic mass is 10.2. The molecule has 1 N–H and O–H groups in total. The van der Waals surface area contributed by atoms with Crippen LogP contribution in [0.25, 0.3) is 11.5 Å². The molecule has 0 saturated carbocycles. The molecule has 0 bridgehead atoms. The SMILES string of the molecule is Cc1ccc(S(=O)(=O)CCC(=O)Nc2nnc(-c3cc(C)oc3C)o2)cc1. The van der Waals surface area contributed by atoms with Crippen molar-refractivity contribution in [3.63, 3.8) is 0 Å². The maximum atomic E-state index is 12.3. The first-order valence-electron chi connectivity index (χ1n) is 8.25. The lowest BCUT2D eigenvalue weighted by Crippen LogP contribution is -2.17. The van der Waals surface area contributed by atoms with E-state index in [4.69, 9.17) is 8.83 Å². The van der Waals surface area contributed by atoms with E-state index in [0.29, 0.717) is 17.1 Å². The number of sulfone groups is 1. The van der Waals surface area contributed by atoms with Crippen LogP contribution in [0.1, 0.15) is 23.5 Å². The largest absolute Gasteiger partial charge is 0.466 e. The van der Waals surface area contributed by atoms with E-state index >= 15 is 0 Å². The fourth-order valence-corrected chi connectivity index (χ4v) is 3.74. The molecule has 8 nitrogen and oxygen atoms in total. The van der Waals surface area contributed by atoms with Gasteiger partial charge in [-0.25, -0.2) is 8.42 Å². The summed E-state index contributed by atoms with van der Waals surface area (Å²) < 4.78 is 35.4. The van der Waals surface area contributed by atoms with Crippen LogP contribution in [0.3, 0.4) is 0 Å². The van der Waals surface area contributed by atoms with Gasteiger partial charge in [-0.3, -0.25) is 10.1 Å². The maximum absolute atomic E-state index is 12.3. The summed E-state index contributed by atoms with van der Waals surface area (Å²) in [6.07, 6.45) is -0.224. The van der Waals surface area contributed by atoms with E-state index < -0.39 is 15.7 Å². The highest BCUT2D eigenvalue weighted by Crippen LogP contribution is 2.26. The van der Waals surface area contributed by atoms with E-state index in [0.717, 1.165) is 5.56 Å². The number of hydrogen-bond acceptors (Lipinski definition) is 7. The van der Waals surface area contributed by atoms with Gasteiger partial charge in [0.1, 0.15) is 11.5 Å². The first-order chi connectivity index (χ1) is 12.7. The minimum atomic E-state index is -3.54. The Morgan fingerprint density at radius 2 is 1.78 bits per heavy atom. The number of carbonyl (C=O) groups is 1. The Morgan fingerprint density at radius 3 is 2.41 bits per heavy atom. The van der Waals surface area contributed by atoms with Crippen LogP contribution in [0.15, 0.2) is 44.1 Å². The molecule has 2 aromatic heterocycles. The first-order valence-corrected chi connectivity index (χ1v) is 9.90. The molecule has 0 fully saturated rings. The highest BCUT2D eigenvalue weighted by molar-refractivity contribution is 7.91. The molecule has 0 spiro atoms. The number of nitrogens with zero attached hydrogens (tertiary/aromatic N) is 2. The molecule has 27 heavy (non-hydrogen) atoms. The van der Waals surface area contributed by atoms with Gasteiger partial charge in [-0.15, -0.1) is 5.10 Å². The van der Waals surface area contributed by atoms with Gasteiger partial charge in [0.15, 0.2) is 9.84 Å². The van der Waals surface area contributed by atoms with Crippen molar-refractivity contribution in [1.82, 2.24) is 10.2 Å². The Bertz CT molecular complexity index is 1060. The predicted molar refractivity (Wildman–Crippen MR) is 98.0 cm³/mol. The molecule has 3 rings (SSSR count). The van der Waals surface area contributed by atoms with E-state index in [1.807, 2.05) is 6.92 Å². The summed E-state index contributed by atoms with van der Waals surface area (Å²) in [7, 11) is -3.54. The lowest BCUT2D eigenvalue weighted by Gasteiger charge is -2.04. The van der Waals surface area contributed by atoms with Crippen molar-refractivity contribution in [2.75, 3.05) is 11.1 Å². The van der Waals surface area contributed by atoms with Gasteiger partial charge in [-0.2, -0.15) is 0 Å². The topological polar surface area (TPSA) is 115 Å². The van der Waals surface area contributed by atoms with Crippen LogP contribution >= 0.6 is 0 Å². The second-order valence-electron chi connectivity index (χ2n) is 6.17. The van der Waals surface area contributed by atoms with E-state index in [9.17, 15) is 13.2 Å². The summed E-state index contributed by atoms with van der Waals surface area (Å²) in [6, 6.07) is 8.15. The van der Waals surface area contributed by atoms with E-state index in [1.165, 1.54) is 12.1 Å². The molecule has 2 heterocycles. The molecule has 9 heteroatoms. The molecule has 0 atom stereocenters. The van der Waals surface area contributed by atoms with Crippen LogP contribution in [0, 0.1) is 20.8 Å². The number of benzene rings is 1. The highest BCUT2D eigenvalue weighted by atomic mass is 32.2. The molecule has 0 aliphatic rings. The zero-order valence-electron chi connectivity index (χ0n) is 15.1. The second kappa shape index (κ2) is 7.36. The number of rotatable bonds is 6. The zero-order valence-corrected chi connectivity index (χ0v) is 16.0. The number of furan rings is 1. The molecular weight excluding hydrogens is 370 g/mol. The van der Waals surface area contributed by atoms with Crippen LogP contribution in [0.2, 0.25) is 0 Å². The number of nitrogens with one attached hydrogen (secondary N) is 1. The van der Waals surface area contributed by atoms with Crippen LogP contribution in [-0.4, -0.2) is 30.3 Å². The summed E-state index contributed by atoms with van der Waals surface area (Å²) in [5, 5.41) is 10.0. The normalized spacial score (nSPS) is 11.5. The summed E-state index contributed by atoms with van der Waals surface area (Å²) in [5.41, 5.74) is 1.60. The van der Waals surface area contributed by atoms with Crippen molar-refractivity contribution < 1.29 is 22.0 Å². The van der Waals surface area contributed by atoms with Crippen molar-refractivity contribution in [2.24, 2.45) is 0 Å². The average molecular weight is 389 g/mol. The number of aromatic nitrogens is 2. The van der Waals surface area contributed by atoms with Crippen molar-refractivity contribution in [3.05, 3.63) is 47.4 Å². The van der Waals surface area contributed by atoms with Crippen LogP contribution in [-0.2, 0) is 14.6 Å². The Balaban J connectivity index is 1.61. The molecule has 142 valence electrons. The van der Waals surface area contributed by atoms with Crippen molar-refractivity contribution in [2.45, 2.75) is 32.1 Å². The summed E-state index contributed by atoms with van der Waals surface area (Å²) in [4.78, 5) is 12.2.